The third kappa shape index (κ3) is 4.24. The Labute approximate surface area is 94.5 Å². The van der Waals surface area contributed by atoms with Crippen molar-refractivity contribution >= 4 is 0 Å². The molecule has 0 spiro atoms. The molecule has 0 saturated heterocycles. The Kier molecular flexibility index (Phi) is 5.35. The minimum absolute atomic E-state index is 0.169. The first kappa shape index (κ1) is 13.1. The second-order valence-electron chi connectivity index (χ2n) is 3.90. The Hall–Kier alpha value is -1.00. The van der Waals surface area contributed by atoms with Gasteiger partial charge < -0.3 is 10.0 Å². The van der Waals surface area contributed by atoms with Crippen molar-refractivity contribution in [2.24, 2.45) is 0 Å². The van der Waals surface area contributed by atoms with Crippen molar-refractivity contribution in [2.75, 3.05) is 20.2 Å². The van der Waals surface area contributed by atoms with Crippen molar-refractivity contribution < 1.29 is 13.9 Å². The molecule has 0 fully saturated rings. The summed E-state index contributed by atoms with van der Waals surface area (Å²) >= 11 is 0. The van der Waals surface area contributed by atoms with Gasteiger partial charge in [-0.2, -0.15) is 0 Å². The van der Waals surface area contributed by atoms with E-state index in [9.17, 15) is 8.78 Å². The van der Waals surface area contributed by atoms with Crippen LogP contribution in [0, 0.1) is 11.6 Å². The first-order valence-corrected chi connectivity index (χ1v) is 5.37. The monoisotopic (exact) mass is 229 g/mol. The number of halogens is 2. The van der Waals surface area contributed by atoms with Crippen LogP contribution >= 0.6 is 0 Å². The fourth-order valence-corrected chi connectivity index (χ4v) is 1.53. The number of rotatable bonds is 6. The fourth-order valence-electron chi connectivity index (χ4n) is 1.53. The summed E-state index contributed by atoms with van der Waals surface area (Å²) in [4.78, 5) is 1.91. The van der Waals surface area contributed by atoms with E-state index < -0.39 is 5.82 Å². The summed E-state index contributed by atoms with van der Waals surface area (Å²) in [5.74, 6) is -0.796. The van der Waals surface area contributed by atoms with Gasteiger partial charge in [-0.05, 0) is 44.6 Å². The lowest BCUT2D eigenvalue weighted by Crippen LogP contribution is -2.20. The van der Waals surface area contributed by atoms with Gasteiger partial charge in [0.15, 0.2) is 0 Å². The molecule has 0 aliphatic heterocycles. The van der Waals surface area contributed by atoms with Crippen molar-refractivity contribution in [3.63, 3.8) is 0 Å². The average Bonchev–Trinajstić information content (AvgIpc) is 2.24. The summed E-state index contributed by atoms with van der Waals surface area (Å²) in [7, 11) is 1.85. The molecule has 16 heavy (non-hydrogen) atoms. The van der Waals surface area contributed by atoms with Crippen LogP contribution in [0.3, 0.4) is 0 Å². The molecule has 1 rings (SSSR count). The highest BCUT2D eigenvalue weighted by Gasteiger charge is 2.06. The molecular formula is C12H17F2NO. The molecular weight excluding hydrogens is 212 g/mol. The van der Waals surface area contributed by atoms with Gasteiger partial charge in [0, 0.05) is 18.7 Å². The van der Waals surface area contributed by atoms with Gasteiger partial charge >= 0.3 is 0 Å². The van der Waals surface area contributed by atoms with Gasteiger partial charge in [0.25, 0.3) is 0 Å². The van der Waals surface area contributed by atoms with E-state index in [2.05, 4.69) is 0 Å². The van der Waals surface area contributed by atoms with Crippen LogP contribution in [-0.4, -0.2) is 30.2 Å². The zero-order chi connectivity index (χ0) is 12.0. The SMILES string of the molecule is CN(CCCCO)Cc1cc(F)ccc1F. The van der Waals surface area contributed by atoms with E-state index >= 15 is 0 Å². The van der Waals surface area contributed by atoms with Gasteiger partial charge in [-0.15, -0.1) is 0 Å². The highest BCUT2D eigenvalue weighted by Crippen LogP contribution is 2.11. The van der Waals surface area contributed by atoms with Crippen molar-refractivity contribution in [3.8, 4) is 0 Å². The van der Waals surface area contributed by atoms with E-state index in [1.807, 2.05) is 11.9 Å². The molecule has 1 aromatic rings. The molecule has 0 radical (unpaired) electrons. The number of benzene rings is 1. The van der Waals surface area contributed by atoms with Gasteiger partial charge in [-0.25, -0.2) is 8.78 Å². The fraction of sp³-hybridized carbons (Fsp3) is 0.500. The predicted molar refractivity (Wildman–Crippen MR) is 59.0 cm³/mol. The number of aliphatic hydroxyl groups is 1. The van der Waals surface area contributed by atoms with Gasteiger partial charge in [0.05, 0.1) is 0 Å². The number of hydrogen-bond acceptors (Lipinski definition) is 2. The molecule has 90 valence electrons. The van der Waals surface area contributed by atoms with Crippen LogP contribution in [0.2, 0.25) is 0 Å². The summed E-state index contributed by atoms with van der Waals surface area (Å²) in [5, 5.41) is 8.62. The quantitative estimate of drug-likeness (QED) is 0.756. The van der Waals surface area contributed by atoms with Crippen LogP contribution in [0.5, 0.6) is 0 Å². The zero-order valence-corrected chi connectivity index (χ0v) is 9.42. The topological polar surface area (TPSA) is 23.5 Å². The molecule has 1 aromatic carbocycles. The lowest BCUT2D eigenvalue weighted by Gasteiger charge is -2.16. The van der Waals surface area contributed by atoms with Crippen molar-refractivity contribution in [1.29, 1.82) is 0 Å². The predicted octanol–water partition coefficient (Wildman–Crippen LogP) is 2.17. The van der Waals surface area contributed by atoms with E-state index in [1.165, 1.54) is 6.07 Å². The molecule has 0 unspecified atom stereocenters. The molecule has 0 amide bonds. The van der Waals surface area contributed by atoms with E-state index in [0.717, 1.165) is 31.5 Å². The van der Waals surface area contributed by atoms with E-state index in [4.69, 9.17) is 5.11 Å². The molecule has 0 heterocycles. The highest BCUT2D eigenvalue weighted by molar-refractivity contribution is 5.18. The first-order chi connectivity index (χ1) is 7.63. The van der Waals surface area contributed by atoms with Crippen LogP contribution in [0.4, 0.5) is 8.78 Å². The molecule has 4 heteroatoms. The number of unbranched alkanes of at least 4 members (excludes halogenated alkanes) is 1. The first-order valence-electron chi connectivity index (χ1n) is 5.37. The number of nitrogens with zero attached hydrogens (tertiary/aromatic N) is 1. The minimum Gasteiger partial charge on any atom is -0.396 e. The van der Waals surface area contributed by atoms with Crippen molar-refractivity contribution in [3.05, 3.63) is 35.4 Å². The van der Waals surface area contributed by atoms with Gasteiger partial charge in [-0.1, -0.05) is 0 Å². The largest absolute Gasteiger partial charge is 0.396 e. The summed E-state index contributed by atoms with van der Waals surface area (Å²) in [6.07, 6.45) is 1.58. The molecule has 0 atom stereocenters. The summed E-state index contributed by atoms with van der Waals surface area (Å²) in [6, 6.07) is 3.48. The van der Waals surface area contributed by atoms with E-state index in [0.29, 0.717) is 12.1 Å². The highest BCUT2D eigenvalue weighted by atomic mass is 19.1. The second kappa shape index (κ2) is 6.55. The van der Waals surface area contributed by atoms with Gasteiger partial charge in [0.2, 0.25) is 0 Å². The minimum atomic E-state index is -0.417. The van der Waals surface area contributed by atoms with Gasteiger partial charge in [-0.3, -0.25) is 0 Å². The van der Waals surface area contributed by atoms with Crippen LogP contribution < -0.4 is 0 Å². The van der Waals surface area contributed by atoms with Crippen LogP contribution in [0.15, 0.2) is 18.2 Å². The van der Waals surface area contributed by atoms with Crippen molar-refractivity contribution in [1.82, 2.24) is 4.90 Å². The molecule has 0 saturated carbocycles. The van der Waals surface area contributed by atoms with Crippen molar-refractivity contribution in [2.45, 2.75) is 19.4 Å². The van der Waals surface area contributed by atoms with E-state index in [1.54, 1.807) is 0 Å². The zero-order valence-electron chi connectivity index (χ0n) is 9.42. The molecule has 0 aliphatic rings. The van der Waals surface area contributed by atoms with Crippen LogP contribution in [-0.2, 0) is 6.54 Å². The Bertz CT molecular complexity index is 331. The second-order valence-corrected chi connectivity index (χ2v) is 3.90. The molecule has 0 aliphatic carbocycles. The summed E-state index contributed by atoms with van der Waals surface area (Å²) < 4.78 is 26.2. The Balaban J connectivity index is 2.48. The standard InChI is InChI=1S/C12H17F2NO/c1-15(6-2-3-7-16)9-10-8-11(13)4-5-12(10)14/h4-5,8,16H,2-3,6-7,9H2,1H3. The molecule has 1 N–H and O–H groups in total. The maximum atomic E-state index is 13.3. The lowest BCUT2D eigenvalue weighted by molar-refractivity contribution is 0.260. The number of aliphatic hydroxyl groups excluding tert-OH is 1. The van der Waals surface area contributed by atoms with Gasteiger partial charge in [0.1, 0.15) is 11.6 Å². The Morgan fingerprint density at radius 3 is 2.69 bits per heavy atom. The third-order valence-corrected chi connectivity index (χ3v) is 2.40. The molecule has 0 bridgehead atoms. The summed E-state index contributed by atoms with van der Waals surface area (Å²) in [6.45, 7) is 1.31. The Morgan fingerprint density at radius 1 is 1.25 bits per heavy atom. The number of hydrogen-bond donors (Lipinski definition) is 1. The molecule has 2 nitrogen and oxygen atoms in total. The van der Waals surface area contributed by atoms with Crippen LogP contribution in [0.1, 0.15) is 18.4 Å². The maximum Gasteiger partial charge on any atom is 0.127 e. The average molecular weight is 229 g/mol. The molecule has 0 aromatic heterocycles. The third-order valence-electron chi connectivity index (χ3n) is 2.40. The Morgan fingerprint density at radius 2 is 2.00 bits per heavy atom. The normalized spacial score (nSPS) is 11.1. The smallest absolute Gasteiger partial charge is 0.127 e. The summed E-state index contributed by atoms with van der Waals surface area (Å²) in [5.41, 5.74) is 0.367. The van der Waals surface area contributed by atoms with Crippen LogP contribution in [0.25, 0.3) is 0 Å². The maximum absolute atomic E-state index is 13.3. The lowest BCUT2D eigenvalue weighted by atomic mass is 10.2. The van der Waals surface area contributed by atoms with E-state index in [-0.39, 0.29) is 12.4 Å².